The smallest absolute Gasteiger partial charge is 0.0747 e. The van der Waals surface area contributed by atoms with Gasteiger partial charge in [0.25, 0.3) is 0 Å². The number of aryl methyl sites for hydroxylation is 1. The van der Waals surface area contributed by atoms with E-state index in [-0.39, 0.29) is 6.04 Å². The van der Waals surface area contributed by atoms with Crippen LogP contribution < -0.4 is 17.0 Å². The summed E-state index contributed by atoms with van der Waals surface area (Å²) in [5.41, 5.74) is 12.6. The lowest BCUT2D eigenvalue weighted by atomic mass is 9.96. The van der Waals surface area contributed by atoms with Crippen LogP contribution in [0.3, 0.4) is 0 Å². The number of hydrazine groups is 1. The fourth-order valence-corrected chi connectivity index (χ4v) is 1.90. The number of nitrogens with one attached hydrogen (secondary N) is 1. The number of pyridine rings is 1. The molecule has 2 aromatic rings. The third-order valence-electron chi connectivity index (χ3n) is 2.86. The Labute approximate surface area is 101 Å². The quantitative estimate of drug-likeness (QED) is 0.423. The van der Waals surface area contributed by atoms with Crippen molar-refractivity contribution in [2.45, 2.75) is 13.0 Å². The second kappa shape index (κ2) is 4.95. The van der Waals surface area contributed by atoms with Gasteiger partial charge in [-0.3, -0.25) is 10.8 Å². The summed E-state index contributed by atoms with van der Waals surface area (Å²) < 4.78 is 0. The van der Waals surface area contributed by atoms with Gasteiger partial charge in [0.1, 0.15) is 0 Å². The minimum Gasteiger partial charge on any atom is -0.398 e. The van der Waals surface area contributed by atoms with Crippen molar-refractivity contribution in [3.63, 3.8) is 0 Å². The zero-order chi connectivity index (χ0) is 12.3. The van der Waals surface area contributed by atoms with E-state index in [4.69, 9.17) is 11.6 Å². The van der Waals surface area contributed by atoms with E-state index in [2.05, 4.69) is 10.4 Å². The Morgan fingerprint density at radius 1 is 1.18 bits per heavy atom. The molecule has 4 heteroatoms. The Hall–Kier alpha value is -1.91. The second-order valence-electron chi connectivity index (χ2n) is 3.96. The molecule has 0 aliphatic rings. The first kappa shape index (κ1) is 11.6. The standard InChI is InChI=1S/C13H16N4/c1-9-6-7-16-8-11(9)13(17-15)10-4-2-3-5-12(10)14/h2-8,13,17H,14-15H2,1H3. The van der Waals surface area contributed by atoms with Gasteiger partial charge in [-0.25, -0.2) is 5.43 Å². The normalized spacial score (nSPS) is 12.4. The van der Waals surface area contributed by atoms with E-state index in [1.54, 1.807) is 6.20 Å². The van der Waals surface area contributed by atoms with E-state index in [0.29, 0.717) is 0 Å². The first-order valence-corrected chi connectivity index (χ1v) is 5.45. The summed E-state index contributed by atoms with van der Waals surface area (Å²) in [7, 11) is 0. The van der Waals surface area contributed by atoms with Crippen LogP contribution >= 0.6 is 0 Å². The topological polar surface area (TPSA) is 77.0 Å². The molecule has 0 radical (unpaired) electrons. The number of aromatic nitrogens is 1. The van der Waals surface area contributed by atoms with E-state index in [9.17, 15) is 0 Å². The van der Waals surface area contributed by atoms with Crippen molar-refractivity contribution in [2.24, 2.45) is 5.84 Å². The highest BCUT2D eigenvalue weighted by Crippen LogP contribution is 2.27. The fraction of sp³-hybridized carbons (Fsp3) is 0.154. The number of para-hydroxylation sites is 1. The van der Waals surface area contributed by atoms with Crippen LogP contribution in [0.15, 0.2) is 42.7 Å². The van der Waals surface area contributed by atoms with E-state index >= 15 is 0 Å². The van der Waals surface area contributed by atoms with Gasteiger partial charge in [-0.15, -0.1) is 0 Å². The number of rotatable bonds is 3. The third-order valence-corrected chi connectivity index (χ3v) is 2.86. The molecule has 0 saturated heterocycles. The molecule has 5 N–H and O–H groups in total. The van der Waals surface area contributed by atoms with Gasteiger partial charge in [0.05, 0.1) is 6.04 Å². The Morgan fingerprint density at radius 2 is 1.94 bits per heavy atom. The molecule has 1 atom stereocenters. The number of benzene rings is 1. The summed E-state index contributed by atoms with van der Waals surface area (Å²) in [6.07, 6.45) is 3.58. The van der Waals surface area contributed by atoms with Gasteiger partial charge < -0.3 is 5.73 Å². The molecule has 0 spiro atoms. The minimum absolute atomic E-state index is 0.134. The van der Waals surface area contributed by atoms with E-state index in [1.807, 2.05) is 43.5 Å². The molecule has 0 bridgehead atoms. The van der Waals surface area contributed by atoms with Crippen molar-refractivity contribution >= 4 is 5.69 Å². The molecule has 1 aromatic carbocycles. The number of anilines is 1. The molecule has 17 heavy (non-hydrogen) atoms. The van der Waals surface area contributed by atoms with Crippen LogP contribution in [0.5, 0.6) is 0 Å². The van der Waals surface area contributed by atoms with Gasteiger partial charge in [0.2, 0.25) is 0 Å². The summed E-state index contributed by atoms with van der Waals surface area (Å²) in [4.78, 5) is 4.13. The highest BCUT2D eigenvalue weighted by Gasteiger charge is 2.16. The van der Waals surface area contributed by atoms with Crippen LogP contribution in [0.4, 0.5) is 5.69 Å². The molecule has 1 unspecified atom stereocenters. The second-order valence-corrected chi connectivity index (χ2v) is 3.96. The molecular weight excluding hydrogens is 212 g/mol. The number of nitrogens with zero attached hydrogens (tertiary/aromatic N) is 1. The van der Waals surface area contributed by atoms with Crippen molar-refractivity contribution in [1.29, 1.82) is 0 Å². The first-order valence-electron chi connectivity index (χ1n) is 5.45. The van der Waals surface area contributed by atoms with Crippen molar-refractivity contribution in [3.8, 4) is 0 Å². The maximum Gasteiger partial charge on any atom is 0.0747 e. The van der Waals surface area contributed by atoms with Crippen molar-refractivity contribution < 1.29 is 0 Å². The number of hydrogen-bond donors (Lipinski definition) is 3. The van der Waals surface area contributed by atoms with Crippen molar-refractivity contribution in [3.05, 3.63) is 59.4 Å². The van der Waals surface area contributed by atoms with E-state index < -0.39 is 0 Å². The SMILES string of the molecule is Cc1ccncc1C(NN)c1ccccc1N. The molecule has 1 heterocycles. The van der Waals surface area contributed by atoms with Gasteiger partial charge in [0.15, 0.2) is 0 Å². The van der Waals surface area contributed by atoms with Crippen molar-refractivity contribution in [1.82, 2.24) is 10.4 Å². The van der Waals surface area contributed by atoms with Crippen LogP contribution in [-0.2, 0) is 0 Å². The van der Waals surface area contributed by atoms with Crippen LogP contribution in [0.25, 0.3) is 0 Å². The molecular formula is C13H16N4. The predicted molar refractivity (Wildman–Crippen MR) is 69.0 cm³/mol. The van der Waals surface area contributed by atoms with Crippen LogP contribution in [0.2, 0.25) is 0 Å². The van der Waals surface area contributed by atoms with Crippen LogP contribution in [-0.4, -0.2) is 4.98 Å². The maximum atomic E-state index is 5.97. The highest BCUT2D eigenvalue weighted by molar-refractivity contribution is 5.51. The summed E-state index contributed by atoms with van der Waals surface area (Å²) in [6, 6.07) is 9.51. The Balaban J connectivity index is 2.48. The van der Waals surface area contributed by atoms with Gasteiger partial charge in [-0.1, -0.05) is 18.2 Å². The lowest BCUT2D eigenvalue weighted by molar-refractivity contribution is 0.633. The van der Waals surface area contributed by atoms with Crippen LogP contribution in [0, 0.1) is 6.92 Å². The molecule has 0 saturated carbocycles. The summed E-state index contributed by atoms with van der Waals surface area (Å²) in [6.45, 7) is 2.03. The fourth-order valence-electron chi connectivity index (χ4n) is 1.90. The summed E-state index contributed by atoms with van der Waals surface area (Å²) in [5.74, 6) is 5.64. The molecule has 1 aromatic heterocycles. The van der Waals surface area contributed by atoms with Gasteiger partial charge in [-0.05, 0) is 35.7 Å². The largest absolute Gasteiger partial charge is 0.398 e. The lowest BCUT2D eigenvalue weighted by Gasteiger charge is -2.20. The number of nitrogen functional groups attached to an aromatic ring is 1. The van der Waals surface area contributed by atoms with Gasteiger partial charge in [-0.2, -0.15) is 0 Å². The Kier molecular flexibility index (Phi) is 3.37. The molecule has 0 amide bonds. The average molecular weight is 228 g/mol. The molecule has 4 nitrogen and oxygen atoms in total. The van der Waals surface area contributed by atoms with E-state index in [1.165, 1.54) is 0 Å². The Morgan fingerprint density at radius 3 is 2.59 bits per heavy atom. The minimum atomic E-state index is -0.134. The summed E-state index contributed by atoms with van der Waals surface area (Å²) in [5, 5.41) is 0. The number of hydrogen-bond acceptors (Lipinski definition) is 4. The molecule has 2 rings (SSSR count). The monoisotopic (exact) mass is 228 g/mol. The Bertz CT molecular complexity index is 465. The number of nitrogens with two attached hydrogens (primary N) is 2. The van der Waals surface area contributed by atoms with Crippen molar-refractivity contribution in [2.75, 3.05) is 5.73 Å². The molecule has 0 fully saturated rings. The van der Waals surface area contributed by atoms with Crippen LogP contribution in [0.1, 0.15) is 22.7 Å². The zero-order valence-electron chi connectivity index (χ0n) is 9.72. The highest BCUT2D eigenvalue weighted by atomic mass is 15.2. The average Bonchev–Trinajstić information content (AvgIpc) is 2.34. The lowest BCUT2D eigenvalue weighted by Crippen LogP contribution is -2.30. The summed E-state index contributed by atoms with van der Waals surface area (Å²) >= 11 is 0. The molecule has 0 aliphatic carbocycles. The first-order chi connectivity index (χ1) is 8.24. The predicted octanol–water partition coefficient (Wildman–Crippen LogP) is 1.52. The van der Waals surface area contributed by atoms with Gasteiger partial charge >= 0.3 is 0 Å². The maximum absolute atomic E-state index is 5.97. The molecule has 0 aliphatic heterocycles. The van der Waals surface area contributed by atoms with Gasteiger partial charge in [0, 0.05) is 18.1 Å². The van der Waals surface area contributed by atoms with E-state index in [0.717, 1.165) is 22.4 Å². The molecule has 88 valence electrons. The third kappa shape index (κ3) is 2.27. The zero-order valence-corrected chi connectivity index (χ0v) is 9.72.